The molecule has 6 rings (SSSR count). The van der Waals surface area contributed by atoms with Gasteiger partial charge in [-0.1, -0.05) is 11.8 Å². The number of halogens is 1. The van der Waals surface area contributed by atoms with Crippen LogP contribution in [-0.4, -0.2) is 69.1 Å². The minimum Gasteiger partial charge on any atom is -0.317 e. The van der Waals surface area contributed by atoms with Crippen molar-refractivity contribution in [2.75, 3.05) is 33.2 Å². The maximum Gasteiger partial charge on any atom is 0.279 e. The van der Waals surface area contributed by atoms with Crippen LogP contribution in [0.3, 0.4) is 0 Å². The van der Waals surface area contributed by atoms with Crippen molar-refractivity contribution in [1.29, 1.82) is 0 Å². The van der Waals surface area contributed by atoms with E-state index in [0.717, 1.165) is 70.4 Å². The number of ketones is 4. The third-order valence-corrected chi connectivity index (χ3v) is 13.4. The summed E-state index contributed by atoms with van der Waals surface area (Å²) in [5.41, 5.74) is 6.88. The van der Waals surface area contributed by atoms with E-state index in [-0.39, 0.29) is 41.0 Å². The summed E-state index contributed by atoms with van der Waals surface area (Å²) in [5, 5.41) is 3.33. The van der Waals surface area contributed by atoms with Crippen molar-refractivity contribution in [2.24, 2.45) is 10.8 Å². The number of piperidine rings is 2. The van der Waals surface area contributed by atoms with Crippen LogP contribution in [0.15, 0.2) is 24.3 Å². The Balaban J connectivity index is 0.000000240. The van der Waals surface area contributed by atoms with Crippen molar-refractivity contribution < 1.29 is 27.6 Å². The van der Waals surface area contributed by atoms with Crippen molar-refractivity contribution >= 4 is 45.7 Å². The number of carbonyl (C=O) groups excluding carboxylic acids is 4. The average molecular weight is 776 g/mol. The molecule has 2 N–H and O–H groups in total. The molecule has 2 spiro atoms. The number of hydrogen-bond donors (Lipinski definition) is 2. The summed E-state index contributed by atoms with van der Waals surface area (Å²) < 4.78 is 27.7. The summed E-state index contributed by atoms with van der Waals surface area (Å²) in [4.78, 5) is 52.1. The monoisotopic (exact) mass is 775 g/mol. The molecule has 2 saturated heterocycles. The summed E-state index contributed by atoms with van der Waals surface area (Å²) in [6.45, 7) is 13.9. The molecule has 2 aliphatic carbocycles. The van der Waals surface area contributed by atoms with Crippen molar-refractivity contribution in [2.45, 2.75) is 105 Å². The Labute approximate surface area is 327 Å². The Hall–Kier alpha value is -3.64. The number of hydrogen-bond acceptors (Lipinski definition) is 7. The fourth-order valence-corrected chi connectivity index (χ4v) is 10.2. The molecule has 11 heteroatoms. The second kappa shape index (κ2) is 17.4. The Morgan fingerprint density at radius 2 is 0.981 bits per heavy atom. The lowest BCUT2D eigenvalue weighted by Crippen LogP contribution is -2.50. The molecule has 2 aromatic rings. The molecule has 54 heavy (non-hydrogen) atoms. The summed E-state index contributed by atoms with van der Waals surface area (Å²) in [6.07, 6.45) is 4.65. The zero-order chi connectivity index (χ0) is 38.7. The SMILES string of the molecule is CC#Cc1cc(C)c(C2C(=O)CC3(CCN(S(=O)(=O)NC)CC3)CC2=O)c(C)c1.CC#Cc1cc(C)c(C2C(=O)CC3(CCNCC3)CC2=O)c(C)c1.Cl. The van der Waals surface area contributed by atoms with E-state index in [1.54, 1.807) is 6.92 Å². The van der Waals surface area contributed by atoms with Crippen LogP contribution >= 0.6 is 12.4 Å². The third-order valence-electron chi connectivity index (χ3n) is 11.8. The first kappa shape index (κ1) is 43.1. The number of Topliss-reactive ketones (excluding diaryl/α,β-unsaturated/α-hetero) is 4. The van der Waals surface area contributed by atoms with E-state index >= 15 is 0 Å². The van der Waals surface area contributed by atoms with E-state index in [4.69, 9.17) is 0 Å². The Morgan fingerprint density at radius 3 is 1.30 bits per heavy atom. The smallest absolute Gasteiger partial charge is 0.279 e. The van der Waals surface area contributed by atoms with Crippen LogP contribution in [0.4, 0.5) is 0 Å². The minimum absolute atomic E-state index is 0. The lowest BCUT2D eigenvalue weighted by atomic mass is 9.63. The molecule has 2 aliphatic heterocycles. The topological polar surface area (TPSA) is 130 Å². The number of nitrogens with zero attached hydrogens (tertiary/aromatic N) is 1. The first-order chi connectivity index (χ1) is 25.1. The summed E-state index contributed by atoms with van der Waals surface area (Å²) in [6, 6.07) is 7.86. The minimum atomic E-state index is -3.48. The first-order valence-electron chi connectivity index (χ1n) is 18.7. The van der Waals surface area contributed by atoms with E-state index in [2.05, 4.69) is 33.7 Å². The predicted molar refractivity (Wildman–Crippen MR) is 214 cm³/mol. The van der Waals surface area contributed by atoms with Crippen LogP contribution in [0, 0.1) is 62.2 Å². The molecule has 0 radical (unpaired) electrons. The number of rotatable bonds is 4. The van der Waals surface area contributed by atoms with E-state index in [9.17, 15) is 27.6 Å². The highest BCUT2D eigenvalue weighted by Gasteiger charge is 2.49. The highest BCUT2D eigenvalue weighted by Crippen LogP contribution is 2.48. The quantitative estimate of drug-likeness (QED) is 0.301. The second-order valence-corrected chi connectivity index (χ2v) is 17.5. The zero-order valence-electron chi connectivity index (χ0n) is 32.7. The normalized spacial score (nSPS) is 21.3. The second-order valence-electron chi connectivity index (χ2n) is 15.6. The van der Waals surface area contributed by atoms with E-state index in [0.29, 0.717) is 51.6 Å². The number of benzene rings is 2. The fraction of sp³-hybridized carbons (Fsp3) is 0.535. The van der Waals surface area contributed by atoms with Crippen LogP contribution in [-0.2, 0) is 29.4 Å². The number of aryl methyl sites for hydroxylation is 4. The van der Waals surface area contributed by atoms with Crippen LogP contribution in [0.25, 0.3) is 0 Å². The summed E-state index contributed by atoms with van der Waals surface area (Å²) >= 11 is 0. The van der Waals surface area contributed by atoms with E-state index in [1.165, 1.54) is 11.4 Å². The van der Waals surface area contributed by atoms with Crippen molar-refractivity contribution in [3.63, 3.8) is 0 Å². The number of nitrogens with one attached hydrogen (secondary N) is 2. The van der Waals surface area contributed by atoms with Gasteiger partial charge in [-0.25, -0.2) is 4.72 Å². The molecular weight excluding hydrogens is 722 g/mol. The molecule has 2 aromatic carbocycles. The van der Waals surface area contributed by atoms with Crippen molar-refractivity contribution in [3.8, 4) is 23.7 Å². The predicted octanol–water partition coefficient (Wildman–Crippen LogP) is 5.72. The maximum atomic E-state index is 13.1. The van der Waals surface area contributed by atoms with Gasteiger partial charge in [0.25, 0.3) is 10.2 Å². The van der Waals surface area contributed by atoms with Gasteiger partial charge in [-0.2, -0.15) is 12.7 Å². The van der Waals surface area contributed by atoms with Gasteiger partial charge in [0.15, 0.2) is 0 Å². The molecule has 290 valence electrons. The average Bonchev–Trinajstić information content (AvgIpc) is 3.08. The fourth-order valence-electron chi connectivity index (χ4n) is 9.30. The van der Waals surface area contributed by atoms with Gasteiger partial charge in [0, 0.05) is 56.9 Å². The van der Waals surface area contributed by atoms with Crippen LogP contribution in [0.5, 0.6) is 0 Å². The summed E-state index contributed by atoms with van der Waals surface area (Å²) in [7, 11) is -2.09. The largest absolute Gasteiger partial charge is 0.317 e. The van der Waals surface area contributed by atoms with Crippen molar-refractivity contribution in [3.05, 3.63) is 68.8 Å². The zero-order valence-corrected chi connectivity index (χ0v) is 34.3. The molecule has 0 aromatic heterocycles. The molecule has 4 aliphatic rings. The first-order valence-corrected chi connectivity index (χ1v) is 20.1. The van der Waals surface area contributed by atoms with Gasteiger partial charge in [-0.15, -0.1) is 24.2 Å². The van der Waals surface area contributed by atoms with E-state index < -0.39 is 27.5 Å². The highest BCUT2D eigenvalue weighted by atomic mass is 35.5. The molecule has 0 bridgehead atoms. The molecular formula is C43H54ClN3O6S. The van der Waals surface area contributed by atoms with Gasteiger partial charge in [-0.3, -0.25) is 19.2 Å². The van der Waals surface area contributed by atoms with Crippen LogP contribution < -0.4 is 10.0 Å². The molecule has 0 amide bonds. The molecule has 0 unspecified atom stereocenters. The Morgan fingerprint density at radius 1 is 0.648 bits per heavy atom. The summed E-state index contributed by atoms with van der Waals surface area (Å²) in [5.74, 6) is 10.7. The Kier molecular flexibility index (Phi) is 13.9. The van der Waals surface area contributed by atoms with E-state index in [1.807, 2.05) is 58.9 Å². The molecule has 2 heterocycles. The van der Waals surface area contributed by atoms with Crippen molar-refractivity contribution in [1.82, 2.24) is 14.3 Å². The molecule has 2 saturated carbocycles. The van der Waals surface area contributed by atoms with Gasteiger partial charge in [0.2, 0.25) is 0 Å². The lowest BCUT2D eigenvalue weighted by molar-refractivity contribution is -0.139. The van der Waals surface area contributed by atoms with Gasteiger partial charge in [-0.05, 0) is 149 Å². The molecule has 9 nitrogen and oxygen atoms in total. The van der Waals surface area contributed by atoms with Gasteiger partial charge >= 0.3 is 0 Å². The maximum absolute atomic E-state index is 13.1. The molecule has 0 atom stereocenters. The molecule has 4 fully saturated rings. The van der Waals surface area contributed by atoms with Gasteiger partial charge in [0.1, 0.15) is 35.0 Å². The van der Waals surface area contributed by atoms with Gasteiger partial charge in [0.05, 0.1) is 0 Å². The number of carbonyl (C=O) groups is 4. The van der Waals surface area contributed by atoms with Crippen LogP contribution in [0.2, 0.25) is 0 Å². The Bertz CT molecular complexity index is 1970. The lowest BCUT2D eigenvalue weighted by Gasteiger charge is -2.44. The third kappa shape index (κ3) is 9.07. The highest BCUT2D eigenvalue weighted by molar-refractivity contribution is 7.87. The van der Waals surface area contributed by atoms with Gasteiger partial charge < -0.3 is 5.32 Å². The van der Waals surface area contributed by atoms with Crippen LogP contribution in [0.1, 0.15) is 122 Å². The standard InChI is InChI=1S/C22H28N2O4S.C21H25NO2.ClH/c1-5-6-17-11-15(2)20(16(3)12-17)21-18(25)13-22(14-19(21)26)7-9-24(10-8-22)29(27,28)23-4;1-4-5-16-10-14(2)19(15(3)11-16)20-17(23)12-21(13-18(20)24)6-8-22-9-7-21;/h11-12,21,23H,7-10,13-14H2,1-4H3;10-11,20,22H,6-9,12-13H2,1-3H3;1H.